The summed E-state index contributed by atoms with van der Waals surface area (Å²) in [5, 5.41) is 2.74. The highest BCUT2D eigenvalue weighted by molar-refractivity contribution is 7.88. The summed E-state index contributed by atoms with van der Waals surface area (Å²) < 4.78 is 34.0. The fourth-order valence-corrected chi connectivity index (χ4v) is 2.21. The number of amides is 1. The molecule has 0 atom stereocenters. The topological polar surface area (TPSA) is 84.9 Å². The molecule has 0 heterocycles. The van der Waals surface area contributed by atoms with Gasteiger partial charge in [-0.25, -0.2) is 12.7 Å². The summed E-state index contributed by atoms with van der Waals surface area (Å²) in [5.74, 6) is 0.745. The van der Waals surface area contributed by atoms with Crippen molar-refractivity contribution in [1.29, 1.82) is 0 Å². The van der Waals surface area contributed by atoms with Gasteiger partial charge < -0.3 is 14.8 Å². The summed E-state index contributed by atoms with van der Waals surface area (Å²) in [5.41, 5.74) is 0.403. The van der Waals surface area contributed by atoms with Gasteiger partial charge in [-0.05, 0) is 18.6 Å². The monoisotopic (exact) mass is 330 g/mol. The number of carbonyl (C=O) groups is 1. The van der Waals surface area contributed by atoms with Crippen molar-refractivity contribution >= 4 is 15.9 Å². The number of sulfonamides is 1. The number of benzene rings is 1. The highest BCUT2D eigenvalue weighted by Crippen LogP contribution is 2.24. The Balaban J connectivity index is 2.56. The van der Waals surface area contributed by atoms with Gasteiger partial charge in [0.25, 0.3) is 5.91 Å². The zero-order valence-corrected chi connectivity index (χ0v) is 14.1. The number of nitrogens with zero attached hydrogens (tertiary/aromatic N) is 1. The Morgan fingerprint density at radius 1 is 1.27 bits per heavy atom. The molecule has 7 nitrogen and oxygen atoms in total. The molecule has 0 fully saturated rings. The normalized spacial score (nSPS) is 11.3. The lowest BCUT2D eigenvalue weighted by Crippen LogP contribution is -2.31. The number of hydrogen-bond acceptors (Lipinski definition) is 5. The van der Waals surface area contributed by atoms with Gasteiger partial charge in [0.2, 0.25) is 10.0 Å². The standard InChI is InChI=1S/C14H22N2O5S/c1-16(22(4,18)19)9-5-8-15-14(17)12-7-6-11(20-2)10-13(12)21-3/h6-7,10H,5,8-9H2,1-4H3,(H,15,17). The van der Waals surface area contributed by atoms with Crippen LogP contribution in [0.4, 0.5) is 0 Å². The van der Waals surface area contributed by atoms with Gasteiger partial charge >= 0.3 is 0 Å². The van der Waals surface area contributed by atoms with E-state index in [0.717, 1.165) is 6.26 Å². The summed E-state index contributed by atoms with van der Waals surface area (Å²) in [6.45, 7) is 0.715. The molecule has 0 saturated carbocycles. The van der Waals surface area contributed by atoms with Crippen molar-refractivity contribution in [3.63, 3.8) is 0 Å². The maximum absolute atomic E-state index is 12.1. The third-order valence-electron chi connectivity index (χ3n) is 3.15. The molecule has 0 radical (unpaired) electrons. The van der Waals surface area contributed by atoms with Gasteiger partial charge in [0.05, 0.1) is 26.0 Å². The molecule has 1 amide bonds. The predicted molar refractivity (Wildman–Crippen MR) is 84.0 cm³/mol. The van der Waals surface area contributed by atoms with Gasteiger partial charge in [0, 0.05) is 26.2 Å². The van der Waals surface area contributed by atoms with Crippen LogP contribution in [0.5, 0.6) is 11.5 Å². The third-order valence-corrected chi connectivity index (χ3v) is 4.47. The van der Waals surface area contributed by atoms with E-state index in [1.165, 1.54) is 25.6 Å². The van der Waals surface area contributed by atoms with Crippen LogP contribution in [-0.2, 0) is 10.0 Å². The minimum atomic E-state index is -3.19. The Bertz CT molecular complexity index is 616. The Hall–Kier alpha value is -1.80. The molecule has 0 spiro atoms. The number of ether oxygens (including phenoxy) is 2. The van der Waals surface area contributed by atoms with E-state index in [1.54, 1.807) is 18.2 Å². The van der Waals surface area contributed by atoms with E-state index < -0.39 is 10.0 Å². The highest BCUT2D eigenvalue weighted by atomic mass is 32.2. The van der Waals surface area contributed by atoms with Crippen LogP contribution in [0.3, 0.4) is 0 Å². The van der Waals surface area contributed by atoms with Crippen LogP contribution in [0, 0.1) is 0 Å². The average molecular weight is 330 g/mol. The highest BCUT2D eigenvalue weighted by Gasteiger charge is 2.14. The van der Waals surface area contributed by atoms with Crippen LogP contribution in [-0.4, -0.2) is 59.2 Å². The number of methoxy groups -OCH3 is 2. The minimum Gasteiger partial charge on any atom is -0.497 e. The summed E-state index contributed by atoms with van der Waals surface area (Å²) in [6, 6.07) is 4.93. The van der Waals surface area contributed by atoms with E-state index in [4.69, 9.17) is 9.47 Å². The second-order valence-corrected chi connectivity index (χ2v) is 6.85. The molecule has 0 aromatic heterocycles. The van der Waals surface area contributed by atoms with E-state index in [0.29, 0.717) is 36.6 Å². The molecule has 0 aliphatic carbocycles. The van der Waals surface area contributed by atoms with Crippen molar-refractivity contribution in [2.75, 3.05) is 40.6 Å². The van der Waals surface area contributed by atoms with E-state index in [2.05, 4.69) is 5.32 Å². The van der Waals surface area contributed by atoms with Gasteiger partial charge in [0.1, 0.15) is 11.5 Å². The fourth-order valence-electron chi connectivity index (χ4n) is 1.75. The molecule has 0 bridgehead atoms. The molecule has 0 aliphatic heterocycles. The second-order valence-electron chi connectivity index (χ2n) is 4.76. The molecule has 22 heavy (non-hydrogen) atoms. The molecular weight excluding hydrogens is 308 g/mol. The lowest BCUT2D eigenvalue weighted by molar-refractivity contribution is 0.0950. The summed E-state index contributed by atoms with van der Waals surface area (Å²) in [7, 11) is 1.33. The first-order valence-corrected chi connectivity index (χ1v) is 8.56. The van der Waals surface area contributed by atoms with Crippen molar-refractivity contribution in [3.05, 3.63) is 23.8 Å². The van der Waals surface area contributed by atoms with Gasteiger partial charge in [-0.3, -0.25) is 4.79 Å². The molecule has 0 saturated heterocycles. The summed E-state index contributed by atoms with van der Waals surface area (Å²) >= 11 is 0. The van der Waals surface area contributed by atoms with Crippen LogP contribution < -0.4 is 14.8 Å². The average Bonchev–Trinajstić information content (AvgIpc) is 2.49. The van der Waals surface area contributed by atoms with Crippen LogP contribution in [0.25, 0.3) is 0 Å². The molecule has 1 aromatic rings. The van der Waals surface area contributed by atoms with Crippen molar-refractivity contribution in [2.45, 2.75) is 6.42 Å². The van der Waals surface area contributed by atoms with Gasteiger partial charge in [0.15, 0.2) is 0 Å². The zero-order valence-electron chi connectivity index (χ0n) is 13.3. The lowest BCUT2D eigenvalue weighted by Gasteiger charge is -2.14. The number of carbonyl (C=O) groups excluding carboxylic acids is 1. The predicted octanol–water partition coefficient (Wildman–Crippen LogP) is 0.715. The quantitative estimate of drug-likeness (QED) is 0.710. The zero-order chi connectivity index (χ0) is 16.8. The van der Waals surface area contributed by atoms with E-state index in [1.807, 2.05) is 0 Å². The number of hydrogen-bond donors (Lipinski definition) is 1. The van der Waals surface area contributed by atoms with Crippen molar-refractivity contribution in [2.24, 2.45) is 0 Å². The Morgan fingerprint density at radius 2 is 1.95 bits per heavy atom. The van der Waals surface area contributed by atoms with Crippen LogP contribution in [0.2, 0.25) is 0 Å². The first kappa shape index (κ1) is 18.2. The number of rotatable bonds is 8. The molecule has 1 aromatic carbocycles. The van der Waals surface area contributed by atoms with Crippen molar-refractivity contribution in [3.8, 4) is 11.5 Å². The van der Waals surface area contributed by atoms with Gasteiger partial charge in [-0.15, -0.1) is 0 Å². The maximum atomic E-state index is 12.1. The number of nitrogens with one attached hydrogen (secondary N) is 1. The van der Waals surface area contributed by atoms with E-state index in [-0.39, 0.29) is 5.91 Å². The Morgan fingerprint density at radius 3 is 2.50 bits per heavy atom. The lowest BCUT2D eigenvalue weighted by atomic mass is 10.1. The Kier molecular flexibility index (Phi) is 6.63. The van der Waals surface area contributed by atoms with Gasteiger partial charge in [-0.1, -0.05) is 0 Å². The molecule has 0 aliphatic rings. The SMILES string of the molecule is COc1ccc(C(=O)NCCCN(C)S(C)(=O)=O)c(OC)c1. The smallest absolute Gasteiger partial charge is 0.255 e. The first-order chi connectivity index (χ1) is 10.3. The molecule has 1 rings (SSSR count). The van der Waals surface area contributed by atoms with Crippen LogP contribution in [0.15, 0.2) is 18.2 Å². The van der Waals surface area contributed by atoms with E-state index >= 15 is 0 Å². The Labute approximate surface area is 131 Å². The molecule has 8 heteroatoms. The molecule has 1 N–H and O–H groups in total. The fraction of sp³-hybridized carbons (Fsp3) is 0.500. The van der Waals surface area contributed by atoms with Gasteiger partial charge in [-0.2, -0.15) is 0 Å². The molecule has 124 valence electrons. The van der Waals surface area contributed by atoms with E-state index in [9.17, 15) is 13.2 Å². The third kappa shape index (κ3) is 5.19. The summed E-state index contributed by atoms with van der Waals surface area (Å²) in [4.78, 5) is 12.1. The first-order valence-electron chi connectivity index (χ1n) is 6.71. The van der Waals surface area contributed by atoms with Crippen LogP contribution in [0.1, 0.15) is 16.8 Å². The molecular formula is C14H22N2O5S. The van der Waals surface area contributed by atoms with Crippen LogP contribution >= 0.6 is 0 Å². The summed E-state index contributed by atoms with van der Waals surface area (Å²) in [6.07, 6.45) is 1.67. The maximum Gasteiger partial charge on any atom is 0.255 e. The second kappa shape index (κ2) is 8.00. The van der Waals surface area contributed by atoms with Crippen molar-refractivity contribution < 1.29 is 22.7 Å². The molecule has 0 unspecified atom stereocenters. The minimum absolute atomic E-state index is 0.276. The van der Waals surface area contributed by atoms with Crippen molar-refractivity contribution in [1.82, 2.24) is 9.62 Å². The largest absolute Gasteiger partial charge is 0.497 e.